The number of morpholine rings is 1. The van der Waals surface area contributed by atoms with Crippen LogP contribution in [0.15, 0.2) is 0 Å². The number of hydrogen-bond acceptors (Lipinski definition) is 3. The van der Waals surface area contributed by atoms with Crippen molar-refractivity contribution in [1.29, 1.82) is 0 Å². The molecule has 1 aliphatic carbocycles. The summed E-state index contributed by atoms with van der Waals surface area (Å²) in [6.07, 6.45) is 6.99. The van der Waals surface area contributed by atoms with E-state index in [0.717, 1.165) is 38.1 Å². The fraction of sp³-hybridized carbons (Fsp3) is 0.938. The fourth-order valence-electron chi connectivity index (χ4n) is 4.29. The Kier molecular flexibility index (Phi) is 4.61. The van der Waals surface area contributed by atoms with Crippen molar-refractivity contribution < 1.29 is 9.53 Å². The predicted octanol–water partition coefficient (Wildman–Crippen LogP) is 1.79. The van der Waals surface area contributed by atoms with Gasteiger partial charge in [-0.05, 0) is 31.1 Å². The van der Waals surface area contributed by atoms with Crippen LogP contribution in [0.25, 0.3) is 0 Å². The van der Waals surface area contributed by atoms with E-state index in [4.69, 9.17) is 4.74 Å². The topological polar surface area (TPSA) is 41.6 Å². The summed E-state index contributed by atoms with van der Waals surface area (Å²) in [5.74, 6) is 1.85. The van der Waals surface area contributed by atoms with Crippen LogP contribution < -0.4 is 5.32 Å². The first-order valence-corrected chi connectivity index (χ1v) is 8.37. The minimum absolute atomic E-state index is 0.0811. The zero-order chi connectivity index (χ0) is 13.9. The highest BCUT2D eigenvalue weighted by atomic mass is 16.5. The summed E-state index contributed by atoms with van der Waals surface area (Å²) in [4.78, 5) is 14.8. The van der Waals surface area contributed by atoms with Gasteiger partial charge in [0.05, 0.1) is 19.1 Å². The fourth-order valence-corrected chi connectivity index (χ4v) is 4.29. The zero-order valence-electron chi connectivity index (χ0n) is 12.6. The van der Waals surface area contributed by atoms with Gasteiger partial charge in [-0.3, -0.25) is 4.79 Å². The normalized spacial score (nSPS) is 38.4. The van der Waals surface area contributed by atoms with Crippen molar-refractivity contribution in [2.75, 3.05) is 26.2 Å². The first kappa shape index (κ1) is 14.3. The van der Waals surface area contributed by atoms with Gasteiger partial charge in [-0.1, -0.05) is 19.8 Å². The third kappa shape index (κ3) is 3.01. The molecule has 3 aliphatic rings. The molecule has 2 aliphatic heterocycles. The molecule has 114 valence electrons. The second-order valence-electron chi connectivity index (χ2n) is 6.77. The van der Waals surface area contributed by atoms with Gasteiger partial charge in [-0.15, -0.1) is 0 Å². The van der Waals surface area contributed by atoms with E-state index in [9.17, 15) is 4.79 Å². The first-order valence-electron chi connectivity index (χ1n) is 8.37. The molecule has 0 aromatic carbocycles. The summed E-state index contributed by atoms with van der Waals surface area (Å²) in [5, 5.41) is 3.31. The van der Waals surface area contributed by atoms with Gasteiger partial charge in [0.15, 0.2) is 0 Å². The Morgan fingerprint density at radius 3 is 2.95 bits per heavy atom. The molecule has 4 nitrogen and oxygen atoms in total. The molecule has 3 rings (SSSR count). The van der Waals surface area contributed by atoms with Gasteiger partial charge in [0.2, 0.25) is 5.91 Å². The number of rotatable bonds is 2. The minimum atomic E-state index is 0.0811. The summed E-state index contributed by atoms with van der Waals surface area (Å²) in [7, 11) is 0. The van der Waals surface area contributed by atoms with Crippen LogP contribution in [-0.4, -0.2) is 49.2 Å². The first-order chi connectivity index (χ1) is 9.75. The number of fused-ring (bicyclic) bond motifs is 1. The molecule has 4 atom stereocenters. The summed E-state index contributed by atoms with van der Waals surface area (Å²) in [5.41, 5.74) is 0. The SMILES string of the molecule is CC1CCN(C(=O)CC2CNCCO2)C2CCCCC12. The minimum Gasteiger partial charge on any atom is -0.375 e. The number of amides is 1. The Morgan fingerprint density at radius 1 is 1.30 bits per heavy atom. The Balaban J connectivity index is 1.61. The zero-order valence-corrected chi connectivity index (χ0v) is 12.6. The third-order valence-electron chi connectivity index (χ3n) is 5.47. The van der Waals surface area contributed by atoms with Crippen LogP contribution in [0, 0.1) is 11.8 Å². The maximum atomic E-state index is 12.6. The number of ether oxygens (including phenoxy) is 1. The van der Waals surface area contributed by atoms with Crippen molar-refractivity contribution in [2.45, 2.75) is 57.6 Å². The number of nitrogens with one attached hydrogen (secondary N) is 1. The number of nitrogens with zero attached hydrogens (tertiary/aromatic N) is 1. The molecule has 1 saturated carbocycles. The van der Waals surface area contributed by atoms with E-state index in [1.807, 2.05) is 0 Å². The highest BCUT2D eigenvalue weighted by Gasteiger charge is 2.39. The van der Waals surface area contributed by atoms with E-state index in [2.05, 4.69) is 17.1 Å². The number of hydrogen-bond donors (Lipinski definition) is 1. The lowest BCUT2D eigenvalue weighted by Gasteiger charge is -2.47. The number of carbonyl (C=O) groups is 1. The molecule has 4 heteroatoms. The monoisotopic (exact) mass is 280 g/mol. The lowest BCUT2D eigenvalue weighted by molar-refractivity contribution is -0.142. The van der Waals surface area contributed by atoms with Crippen LogP contribution in [0.3, 0.4) is 0 Å². The van der Waals surface area contributed by atoms with Crippen molar-refractivity contribution in [1.82, 2.24) is 10.2 Å². The molecule has 0 spiro atoms. The molecule has 0 aromatic rings. The van der Waals surface area contributed by atoms with Gasteiger partial charge >= 0.3 is 0 Å². The Morgan fingerprint density at radius 2 is 2.15 bits per heavy atom. The van der Waals surface area contributed by atoms with E-state index in [0.29, 0.717) is 18.4 Å². The Labute approximate surface area is 122 Å². The highest BCUT2D eigenvalue weighted by Crippen LogP contribution is 2.39. The van der Waals surface area contributed by atoms with Crippen molar-refractivity contribution >= 4 is 5.91 Å². The lowest BCUT2D eigenvalue weighted by atomic mass is 9.72. The van der Waals surface area contributed by atoms with Crippen LogP contribution in [0.5, 0.6) is 0 Å². The van der Waals surface area contributed by atoms with Crippen LogP contribution in [0.2, 0.25) is 0 Å². The van der Waals surface area contributed by atoms with Crippen LogP contribution in [-0.2, 0) is 9.53 Å². The lowest BCUT2D eigenvalue weighted by Crippen LogP contribution is -2.53. The predicted molar refractivity (Wildman–Crippen MR) is 78.5 cm³/mol. The molecule has 0 radical (unpaired) electrons. The van der Waals surface area contributed by atoms with Crippen molar-refractivity contribution in [3.63, 3.8) is 0 Å². The number of carbonyl (C=O) groups excluding carboxylic acids is 1. The van der Waals surface area contributed by atoms with Crippen LogP contribution in [0.4, 0.5) is 0 Å². The Bertz CT molecular complexity index is 341. The summed E-state index contributed by atoms with van der Waals surface area (Å²) in [6, 6.07) is 0.511. The molecule has 20 heavy (non-hydrogen) atoms. The van der Waals surface area contributed by atoms with Gasteiger partial charge < -0.3 is 15.0 Å². The van der Waals surface area contributed by atoms with Crippen molar-refractivity contribution in [2.24, 2.45) is 11.8 Å². The molecule has 0 aromatic heterocycles. The molecule has 1 N–H and O–H groups in total. The van der Waals surface area contributed by atoms with Gasteiger partial charge in [-0.25, -0.2) is 0 Å². The largest absolute Gasteiger partial charge is 0.375 e. The molecule has 0 bridgehead atoms. The summed E-state index contributed by atoms with van der Waals surface area (Å²) < 4.78 is 5.69. The van der Waals surface area contributed by atoms with E-state index < -0.39 is 0 Å². The van der Waals surface area contributed by atoms with Gasteiger partial charge in [0, 0.05) is 25.7 Å². The van der Waals surface area contributed by atoms with Crippen LogP contribution >= 0.6 is 0 Å². The molecular weight excluding hydrogens is 252 g/mol. The molecular formula is C16H28N2O2. The smallest absolute Gasteiger partial charge is 0.225 e. The molecule has 1 amide bonds. The maximum Gasteiger partial charge on any atom is 0.225 e. The molecule has 4 unspecified atom stereocenters. The molecule has 2 heterocycles. The summed E-state index contributed by atoms with van der Waals surface area (Å²) >= 11 is 0. The average Bonchev–Trinajstić information content (AvgIpc) is 2.49. The number of likely N-dealkylation sites (tertiary alicyclic amines) is 1. The van der Waals surface area contributed by atoms with E-state index in [1.165, 1.54) is 32.1 Å². The van der Waals surface area contributed by atoms with Gasteiger partial charge in [0.1, 0.15) is 0 Å². The van der Waals surface area contributed by atoms with E-state index in [1.54, 1.807) is 0 Å². The summed E-state index contributed by atoms with van der Waals surface area (Å²) in [6.45, 7) is 5.81. The van der Waals surface area contributed by atoms with Crippen molar-refractivity contribution in [3.05, 3.63) is 0 Å². The van der Waals surface area contributed by atoms with Gasteiger partial charge in [0.25, 0.3) is 0 Å². The maximum absolute atomic E-state index is 12.6. The van der Waals surface area contributed by atoms with E-state index in [-0.39, 0.29) is 6.10 Å². The third-order valence-corrected chi connectivity index (χ3v) is 5.47. The molecule has 2 saturated heterocycles. The standard InChI is InChI=1S/C16H28N2O2/c1-12-6-8-18(15-5-3-2-4-14(12)15)16(19)10-13-11-17-7-9-20-13/h12-15,17H,2-11H2,1H3. The second-order valence-corrected chi connectivity index (χ2v) is 6.77. The van der Waals surface area contributed by atoms with Crippen LogP contribution in [0.1, 0.15) is 45.4 Å². The highest BCUT2D eigenvalue weighted by molar-refractivity contribution is 5.77. The quantitative estimate of drug-likeness (QED) is 0.838. The Hall–Kier alpha value is -0.610. The average molecular weight is 280 g/mol. The van der Waals surface area contributed by atoms with Crippen molar-refractivity contribution in [3.8, 4) is 0 Å². The van der Waals surface area contributed by atoms with Gasteiger partial charge in [-0.2, -0.15) is 0 Å². The second kappa shape index (κ2) is 6.44. The molecule has 3 fully saturated rings. The van der Waals surface area contributed by atoms with E-state index >= 15 is 0 Å². The number of piperidine rings is 1.